The normalized spacial score (nSPS) is 12.6. The standard InChI is InChI=1S/C20H23Cl2NO2/c1-5-18(19(24)23-14-8-11-16(21)17(22)12-14)25-15-9-6-13(7-10-15)20(2,3)4/h6-12,18H,5H2,1-4H3,(H,23,24). The second-order valence-electron chi connectivity index (χ2n) is 6.91. The molecule has 2 aromatic rings. The Morgan fingerprint density at radius 1 is 1.08 bits per heavy atom. The van der Waals surface area contributed by atoms with Gasteiger partial charge in [-0.1, -0.05) is 63.0 Å². The van der Waals surface area contributed by atoms with Gasteiger partial charge in [0.2, 0.25) is 0 Å². The Hall–Kier alpha value is -1.71. The lowest BCUT2D eigenvalue weighted by Gasteiger charge is -2.21. The Labute approximate surface area is 159 Å². The summed E-state index contributed by atoms with van der Waals surface area (Å²) in [5.41, 5.74) is 1.88. The van der Waals surface area contributed by atoms with Crippen molar-refractivity contribution in [3.05, 3.63) is 58.1 Å². The lowest BCUT2D eigenvalue weighted by atomic mass is 9.87. The third-order valence-electron chi connectivity index (χ3n) is 3.85. The molecule has 0 bridgehead atoms. The van der Waals surface area contributed by atoms with E-state index in [0.29, 0.717) is 27.9 Å². The fraction of sp³-hybridized carbons (Fsp3) is 0.350. The molecule has 134 valence electrons. The molecule has 0 radical (unpaired) electrons. The van der Waals surface area contributed by atoms with Crippen LogP contribution in [0.5, 0.6) is 5.75 Å². The average molecular weight is 380 g/mol. The number of benzene rings is 2. The summed E-state index contributed by atoms with van der Waals surface area (Å²) in [5.74, 6) is 0.449. The third kappa shape index (κ3) is 5.38. The minimum absolute atomic E-state index is 0.0773. The van der Waals surface area contributed by atoms with Gasteiger partial charge in [-0.25, -0.2) is 0 Å². The van der Waals surface area contributed by atoms with Gasteiger partial charge in [-0.3, -0.25) is 4.79 Å². The van der Waals surface area contributed by atoms with Crippen molar-refractivity contribution in [3.8, 4) is 5.75 Å². The van der Waals surface area contributed by atoms with Crippen LogP contribution in [0.2, 0.25) is 10.0 Å². The molecule has 1 N–H and O–H groups in total. The van der Waals surface area contributed by atoms with E-state index in [2.05, 4.69) is 26.1 Å². The molecule has 1 unspecified atom stereocenters. The second kappa shape index (κ2) is 8.11. The Morgan fingerprint density at radius 3 is 2.24 bits per heavy atom. The van der Waals surface area contributed by atoms with Crippen LogP contribution in [-0.4, -0.2) is 12.0 Å². The Balaban J connectivity index is 2.05. The number of ether oxygens (including phenoxy) is 1. The van der Waals surface area contributed by atoms with E-state index in [1.165, 1.54) is 5.56 Å². The number of hydrogen-bond donors (Lipinski definition) is 1. The van der Waals surface area contributed by atoms with Crippen molar-refractivity contribution in [3.63, 3.8) is 0 Å². The van der Waals surface area contributed by atoms with Gasteiger partial charge in [0.1, 0.15) is 5.75 Å². The van der Waals surface area contributed by atoms with Gasteiger partial charge >= 0.3 is 0 Å². The van der Waals surface area contributed by atoms with E-state index >= 15 is 0 Å². The molecule has 2 aromatic carbocycles. The number of hydrogen-bond acceptors (Lipinski definition) is 2. The number of halogens is 2. The van der Waals surface area contributed by atoms with Crippen molar-refractivity contribution in [1.82, 2.24) is 0 Å². The zero-order chi connectivity index (χ0) is 18.6. The molecule has 25 heavy (non-hydrogen) atoms. The predicted molar refractivity (Wildman–Crippen MR) is 105 cm³/mol. The number of nitrogens with one attached hydrogen (secondary N) is 1. The molecule has 0 aliphatic rings. The van der Waals surface area contributed by atoms with Gasteiger partial charge < -0.3 is 10.1 Å². The van der Waals surface area contributed by atoms with E-state index in [-0.39, 0.29) is 11.3 Å². The van der Waals surface area contributed by atoms with Gasteiger partial charge in [-0.15, -0.1) is 0 Å². The number of rotatable bonds is 5. The maximum atomic E-state index is 12.5. The summed E-state index contributed by atoms with van der Waals surface area (Å²) in [4.78, 5) is 12.5. The summed E-state index contributed by atoms with van der Waals surface area (Å²) in [6.45, 7) is 8.37. The number of anilines is 1. The smallest absolute Gasteiger partial charge is 0.265 e. The minimum Gasteiger partial charge on any atom is -0.481 e. The molecule has 1 amide bonds. The lowest BCUT2D eigenvalue weighted by Crippen LogP contribution is -2.32. The fourth-order valence-electron chi connectivity index (χ4n) is 2.32. The van der Waals surface area contributed by atoms with E-state index in [9.17, 15) is 4.79 Å². The Bertz CT molecular complexity index is 736. The van der Waals surface area contributed by atoms with Crippen molar-refractivity contribution in [2.75, 3.05) is 5.32 Å². The van der Waals surface area contributed by atoms with Crippen molar-refractivity contribution >= 4 is 34.8 Å². The largest absolute Gasteiger partial charge is 0.481 e. The van der Waals surface area contributed by atoms with Crippen LogP contribution in [-0.2, 0) is 10.2 Å². The van der Waals surface area contributed by atoms with Gasteiger partial charge in [0.25, 0.3) is 5.91 Å². The second-order valence-corrected chi connectivity index (χ2v) is 7.72. The summed E-state index contributed by atoms with van der Waals surface area (Å²) in [6.07, 6.45) is -0.0382. The van der Waals surface area contributed by atoms with Crippen LogP contribution in [0.15, 0.2) is 42.5 Å². The summed E-state index contributed by atoms with van der Waals surface area (Å²) in [6, 6.07) is 12.8. The van der Waals surface area contributed by atoms with Gasteiger partial charge in [0, 0.05) is 5.69 Å². The summed E-state index contributed by atoms with van der Waals surface area (Å²) in [7, 11) is 0. The van der Waals surface area contributed by atoms with Crippen LogP contribution >= 0.6 is 23.2 Å². The first-order valence-electron chi connectivity index (χ1n) is 8.24. The molecule has 0 spiro atoms. The highest BCUT2D eigenvalue weighted by molar-refractivity contribution is 6.42. The van der Waals surface area contributed by atoms with Crippen LogP contribution in [0.3, 0.4) is 0 Å². The van der Waals surface area contributed by atoms with Gasteiger partial charge in [0.15, 0.2) is 6.10 Å². The molecular weight excluding hydrogens is 357 g/mol. The van der Waals surface area contributed by atoms with E-state index in [0.717, 1.165) is 0 Å². The van der Waals surface area contributed by atoms with E-state index in [1.807, 2.05) is 31.2 Å². The van der Waals surface area contributed by atoms with Crippen LogP contribution in [0.1, 0.15) is 39.7 Å². The predicted octanol–water partition coefficient (Wildman–Crippen LogP) is 6.09. The zero-order valence-electron chi connectivity index (χ0n) is 14.9. The first-order chi connectivity index (χ1) is 11.7. The molecule has 0 fully saturated rings. The fourth-order valence-corrected chi connectivity index (χ4v) is 2.61. The van der Waals surface area contributed by atoms with E-state index in [1.54, 1.807) is 18.2 Å². The Morgan fingerprint density at radius 2 is 1.72 bits per heavy atom. The molecule has 2 rings (SSSR count). The highest BCUT2D eigenvalue weighted by atomic mass is 35.5. The van der Waals surface area contributed by atoms with Crippen molar-refractivity contribution < 1.29 is 9.53 Å². The quantitative estimate of drug-likeness (QED) is 0.682. The minimum atomic E-state index is -0.588. The van der Waals surface area contributed by atoms with Crippen LogP contribution in [0.25, 0.3) is 0 Å². The molecule has 0 saturated carbocycles. The van der Waals surface area contributed by atoms with Crippen LogP contribution in [0.4, 0.5) is 5.69 Å². The van der Waals surface area contributed by atoms with Gasteiger partial charge in [-0.05, 0) is 47.7 Å². The highest BCUT2D eigenvalue weighted by Crippen LogP contribution is 2.26. The number of carbonyl (C=O) groups excluding carboxylic acids is 1. The summed E-state index contributed by atoms with van der Waals surface area (Å²) in [5, 5.41) is 3.65. The maximum absolute atomic E-state index is 12.5. The van der Waals surface area contributed by atoms with Crippen molar-refractivity contribution in [1.29, 1.82) is 0 Å². The Kier molecular flexibility index (Phi) is 6.36. The first kappa shape index (κ1) is 19.6. The molecule has 3 nitrogen and oxygen atoms in total. The van der Waals surface area contributed by atoms with E-state index < -0.39 is 6.10 Å². The van der Waals surface area contributed by atoms with Crippen molar-refractivity contribution in [2.24, 2.45) is 0 Å². The summed E-state index contributed by atoms with van der Waals surface area (Å²) < 4.78 is 5.85. The third-order valence-corrected chi connectivity index (χ3v) is 4.59. The topological polar surface area (TPSA) is 38.3 Å². The van der Waals surface area contributed by atoms with Gasteiger partial charge in [0.05, 0.1) is 10.0 Å². The van der Waals surface area contributed by atoms with Gasteiger partial charge in [-0.2, -0.15) is 0 Å². The monoisotopic (exact) mass is 379 g/mol. The first-order valence-corrected chi connectivity index (χ1v) is 8.99. The molecule has 0 heterocycles. The molecule has 0 aliphatic carbocycles. The average Bonchev–Trinajstić information content (AvgIpc) is 2.55. The molecule has 0 aromatic heterocycles. The SMILES string of the molecule is CCC(Oc1ccc(C(C)(C)C)cc1)C(=O)Nc1ccc(Cl)c(Cl)c1. The van der Waals surface area contributed by atoms with Crippen molar-refractivity contribution in [2.45, 2.75) is 45.6 Å². The maximum Gasteiger partial charge on any atom is 0.265 e. The molecule has 5 heteroatoms. The number of carbonyl (C=O) groups is 1. The highest BCUT2D eigenvalue weighted by Gasteiger charge is 2.19. The zero-order valence-corrected chi connectivity index (χ0v) is 16.4. The molecule has 1 atom stereocenters. The molecular formula is C20H23Cl2NO2. The van der Waals surface area contributed by atoms with E-state index in [4.69, 9.17) is 27.9 Å². The van der Waals surface area contributed by atoms with Crippen LogP contribution in [0, 0.1) is 0 Å². The number of amides is 1. The van der Waals surface area contributed by atoms with Crippen LogP contribution < -0.4 is 10.1 Å². The molecule has 0 saturated heterocycles. The summed E-state index contributed by atoms with van der Waals surface area (Å²) >= 11 is 11.9. The lowest BCUT2D eigenvalue weighted by molar-refractivity contribution is -0.122. The molecule has 0 aliphatic heterocycles.